The highest BCUT2D eigenvalue weighted by molar-refractivity contribution is 7.89. The quantitative estimate of drug-likeness (QED) is 0.574. The third-order valence-corrected chi connectivity index (χ3v) is 7.84. The van der Waals surface area contributed by atoms with Crippen molar-refractivity contribution in [2.45, 2.75) is 50.2 Å². The molecule has 1 aliphatic rings. The highest BCUT2D eigenvalue weighted by atomic mass is 35.5. The van der Waals surface area contributed by atoms with Gasteiger partial charge in [-0.2, -0.15) is 0 Å². The molecule has 0 saturated heterocycles. The zero-order valence-electron chi connectivity index (χ0n) is 14.7. The maximum Gasteiger partial charge on any atom is 0.364 e. The second-order valence-corrected chi connectivity index (χ2v) is 10.4. The Labute approximate surface area is 161 Å². The van der Waals surface area contributed by atoms with E-state index in [-0.39, 0.29) is 26.9 Å². The van der Waals surface area contributed by atoms with Crippen LogP contribution in [0, 0.1) is 0 Å². The number of aromatic amines is 1. The fourth-order valence-electron chi connectivity index (χ4n) is 2.47. The summed E-state index contributed by atoms with van der Waals surface area (Å²) in [4.78, 5) is 24.8. The van der Waals surface area contributed by atoms with Crippen LogP contribution in [-0.2, 0) is 19.1 Å². The van der Waals surface area contributed by atoms with Crippen molar-refractivity contribution < 1.29 is 22.4 Å². The van der Waals surface area contributed by atoms with E-state index < -0.39 is 34.6 Å². The van der Waals surface area contributed by atoms with Gasteiger partial charge >= 0.3 is 7.60 Å². The Bertz CT molecular complexity index is 1100. The van der Waals surface area contributed by atoms with Crippen molar-refractivity contribution in [3.8, 4) is 0 Å². The number of halogens is 1. The molecule has 0 spiro atoms. The van der Waals surface area contributed by atoms with E-state index in [2.05, 4.69) is 9.71 Å². The number of nitrogens with one attached hydrogen (secondary N) is 2. The van der Waals surface area contributed by atoms with Crippen molar-refractivity contribution in [2.24, 2.45) is 0 Å². The summed E-state index contributed by atoms with van der Waals surface area (Å²) in [6.45, 7) is 3.40. The van der Waals surface area contributed by atoms with Gasteiger partial charge in [0.25, 0.3) is 5.56 Å². The lowest BCUT2D eigenvalue weighted by Gasteiger charge is -2.17. The molecule has 0 amide bonds. The van der Waals surface area contributed by atoms with E-state index in [1.54, 1.807) is 13.8 Å². The number of H-pyrrole nitrogens is 1. The summed E-state index contributed by atoms with van der Waals surface area (Å²) in [6, 6.07) is 3.64. The first-order valence-electron chi connectivity index (χ1n) is 8.44. The molecule has 148 valence electrons. The van der Waals surface area contributed by atoms with Gasteiger partial charge in [-0.25, -0.2) is 13.1 Å². The molecular weight excluding hydrogens is 415 g/mol. The lowest BCUT2D eigenvalue weighted by molar-refractivity contribution is 0.192. The van der Waals surface area contributed by atoms with Crippen molar-refractivity contribution in [3.05, 3.63) is 33.6 Å². The van der Waals surface area contributed by atoms with Crippen molar-refractivity contribution >= 4 is 45.4 Å². The smallest absolute Gasteiger partial charge is 0.321 e. The third-order valence-electron chi connectivity index (χ3n) is 4.27. The number of hydrogen-bond acceptors (Lipinski definition) is 5. The number of rotatable bonds is 7. The Morgan fingerprint density at radius 3 is 2.67 bits per heavy atom. The second kappa shape index (κ2) is 7.31. The molecule has 3 N–H and O–H groups in total. The molecule has 0 radical (unpaired) electrons. The van der Waals surface area contributed by atoms with Crippen LogP contribution in [0.3, 0.4) is 0 Å². The minimum atomic E-state index is -4.38. The minimum absolute atomic E-state index is 0.0536. The van der Waals surface area contributed by atoms with E-state index in [1.165, 1.54) is 18.2 Å². The van der Waals surface area contributed by atoms with Gasteiger partial charge in [-0.1, -0.05) is 18.5 Å². The van der Waals surface area contributed by atoms with Gasteiger partial charge < -0.3 is 14.4 Å². The normalized spacial score (nSPS) is 18.4. The van der Waals surface area contributed by atoms with E-state index in [0.717, 1.165) is 12.8 Å². The molecule has 8 nitrogen and oxygen atoms in total. The maximum atomic E-state index is 12.5. The van der Waals surface area contributed by atoms with Crippen molar-refractivity contribution in [1.82, 2.24) is 9.71 Å². The standard InChI is InChI=1S/C16H20ClN2O6PS/c1-3-9(2)25-26(21,22)14-6-10-7-15(27(23,24)19-11-4-5-11)12(17)8-13(10)18-16(14)20/h6-9,11,19H,3-5H2,1-2H3,(H,18,20)(H,21,22). The molecule has 1 fully saturated rings. The van der Waals surface area contributed by atoms with Crippen LogP contribution in [0.1, 0.15) is 33.1 Å². The molecule has 27 heavy (non-hydrogen) atoms. The van der Waals surface area contributed by atoms with Crippen molar-refractivity contribution in [2.75, 3.05) is 0 Å². The molecule has 2 unspecified atom stereocenters. The Hall–Kier alpha value is -1.22. The van der Waals surface area contributed by atoms with Crippen LogP contribution in [0.4, 0.5) is 0 Å². The van der Waals surface area contributed by atoms with Crippen LogP contribution < -0.4 is 15.6 Å². The van der Waals surface area contributed by atoms with Gasteiger partial charge in [0.15, 0.2) is 0 Å². The predicted molar refractivity (Wildman–Crippen MR) is 103 cm³/mol. The second-order valence-electron chi connectivity index (χ2n) is 6.59. The lowest BCUT2D eigenvalue weighted by Crippen LogP contribution is -2.29. The molecule has 1 aromatic heterocycles. The van der Waals surface area contributed by atoms with Gasteiger partial charge in [-0.3, -0.25) is 9.36 Å². The summed E-state index contributed by atoms with van der Waals surface area (Å²) in [7, 11) is -8.22. The van der Waals surface area contributed by atoms with E-state index in [1.807, 2.05) is 0 Å². The fourth-order valence-corrected chi connectivity index (χ4v) is 5.70. The number of fused-ring (bicyclic) bond motifs is 1. The summed E-state index contributed by atoms with van der Waals surface area (Å²) >= 11 is 6.09. The Kier molecular flexibility index (Phi) is 5.55. The van der Waals surface area contributed by atoms with E-state index >= 15 is 0 Å². The molecular formula is C16H20ClN2O6PS. The zero-order valence-corrected chi connectivity index (χ0v) is 17.2. The fraction of sp³-hybridized carbons (Fsp3) is 0.438. The van der Waals surface area contributed by atoms with Gasteiger partial charge in [0.1, 0.15) is 10.2 Å². The topological polar surface area (TPSA) is 126 Å². The SMILES string of the molecule is CCC(C)OP(=O)(O)c1cc2cc(S(=O)(=O)NC3CC3)c(Cl)cc2[nH]c1=O. The van der Waals surface area contributed by atoms with Crippen LogP contribution in [0.25, 0.3) is 10.9 Å². The monoisotopic (exact) mass is 434 g/mol. The molecule has 1 aliphatic carbocycles. The van der Waals surface area contributed by atoms with Gasteiger partial charge in [0.2, 0.25) is 10.0 Å². The van der Waals surface area contributed by atoms with E-state index in [0.29, 0.717) is 6.42 Å². The molecule has 2 aromatic rings. The summed E-state index contributed by atoms with van der Waals surface area (Å²) < 4.78 is 45.1. The first-order chi connectivity index (χ1) is 12.5. The van der Waals surface area contributed by atoms with Gasteiger partial charge in [0, 0.05) is 16.9 Å². The van der Waals surface area contributed by atoms with Crippen LogP contribution in [-0.4, -0.2) is 30.4 Å². The number of aromatic nitrogens is 1. The highest BCUT2D eigenvalue weighted by Gasteiger charge is 2.31. The first-order valence-corrected chi connectivity index (χ1v) is 11.9. The minimum Gasteiger partial charge on any atom is -0.321 e. The average molecular weight is 435 g/mol. The molecule has 1 aromatic carbocycles. The Balaban J connectivity index is 2.11. The van der Waals surface area contributed by atoms with Gasteiger partial charge in [-0.05, 0) is 44.4 Å². The Morgan fingerprint density at radius 2 is 2.07 bits per heavy atom. The molecule has 1 saturated carbocycles. The molecule has 0 bridgehead atoms. The van der Waals surface area contributed by atoms with Crippen LogP contribution in [0.5, 0.6) is 0 Å². The molecule has 11 heteroatoms. The van der Waals surface area contributed by atoms with E-state index in [9.17, 15) is 22.7 Å². The van der Waals surface area contributed by atoms with Crippen LogP contribution >= 0.6 is 19.2 Å². The summed E-state index contributed by atoms with van der Waals surface area (Å²) in [6.07, 6.45) is 1.49. The first kappa shape index (κ1) is 20.5. The number of pyridine rings is 1. The summed E-state index contributed by atoms with van der Waals surface area (Å²) in [5.74, 6) is 0. The Morgan fingerprint density at radius 1 is 1.41 bits per heavy atom. The third kappa shape index (κ3) is 4.45. The average Bonchev–Trinajstić information content (AvgIpc) is 3.36. The summed E-state index contributed by atoms with van der Waals surface area (Å²) in [5, 5.41) is -0.245. The molecule has 1 heterocycles. The van der Waals surface area contributed by atoms with Crippen LogP contribution in [0.2, 0.25) is 5.02 Å². The number of benzene rings is 1. The number of sulfonamides is 1. The zero-order chi connectivity index (χ0) is 20.0. The molecule has 2 atom stereocenters. The summed E-state index contributed by atoms with van der Waals surface area (Å²) in [5.41, 5.74) is -0.540. The van der Waals surface area contributed by atoms with Crippen LogP contribution in [0.15, 0.2) is 27.9 Å². The predicted octanol–water partition coefficient (Wildman–Crippen LogP) is 2.25. The lowest BCUT2D eigenvalue weighted by atomic mass is 10.2. The van der Waals surface area contributed by atoms with Crippen molar-refractivity contribution in [3.63, 3.8) is 0 Å². The largest absolute Gasteiger partial charge is 0.364 e. The van der Waals surface area contributed by atoms with Gasteiger partial charge in [-0.15, -0.1) is 0 Å². The maximum absolute atomic E-state index is 12.5. The van der Waals surface area contributed by atoms with E-state index in [4.69, 9.17) is 16.1 Å². The molecule has 3 rings (SSSR count). The highest BCUT2D eigenvalue weighted by Crippen LogP contribution is 2.42. The number of hydrogen-bond donors (Lipinski definition) is 3. The van der Waals surface area contributed by atoms with Gasteiger partial charge in [0.05, 0.1) is 11.1 Å². The van der Waals surface area contributed by atoms with Crippen molar-refractivity contribution in [1.29, 1.82) is 0 Å². The molecule has 0 aliphatic heterocycles.